The smallest absolute Gasteiger partial charge is 0.276 e. The van der Waals surface area contributed by atoms with Gasteiger partial charge in [-0.3, -0.25) is 0 Å². The van der Waals surface area contributed by atoms with Crippen LogP contribution in [0.3, 0.4) is 0 Å². The highest BCUT2D eigenvalue weighted by molar-refractivity contribution is 5.80. The van der Waals surface area contributed by atoms with E-state index in [1.54, 1.807) is 6.92 Å². The molecule has 0 spiro atoms. The van der Waals surface area contributed by atoms with Crippen LogP contribution in [0.1, 0.15) is 18.9 Å². The number of rotatable bonds is 2. The molecular weight excluding hydrogens is 230 g/mol. The fraction of sp³-hybridized carbons (Fsp3) is 0.154. The number of fused-ring (bicyclic) bond motifs is 1. The summed E-state index contributed by atoms with van der Waals surface area (Å²) >= 11 is 0. The van der Waals surface area contributed by atoms with Gasteiger partial charge in [-0.05, 0) is 19.1 Å². The number of hydrogen-bond donors (Lipinski definition) is 1. The molecule has 0 amide bonds. The van der Waals surface area contributed by atoms with Crippen LogP contribution in [0.5, 0.6) is 0 Å². The van der Waals surface area contributed by atoms with Crippen molar-refractivity contribution in [1.29, 1.82) is 0 Å². The molecule has 0 bridgehead atoms. The van der Waals surface area contributed by atoms with Crippen LogP contribution < -0.4 is 0 Å². The Labute approximate surface area is 103 Å². The van der Waals surface area contributed by atoms with E-state index >= 15 is 0 Å². The average molecular weight is 241 g/mol. The molecule has 0 aliphatic rings. The highest BCUT2D eigenvalue weighted by Gasteiger charge is 2.13. The van der Waals surface area contributed by atoms with Gasteiger partial charge in [0.2, 0.25) is 0 Å². The van der Waals surface area contributed by atoms with Gasteiger partial charge in [0.15, 0.2) is 5.82 Å². The molecule has 5 heteroatoms. The Morgan fingerprint density at radius 1 is 1.11 bits per heavy atom. The Balaban J connectivity index is 2.07. The Kier molecular flexibility index (Phi) is 2.53. The molecule has 1 unspecified atom stereocenters. The second kappa shape index (κ2) is 4.19. The van der Waals surface area contributed by atoms with Gasteiger partial charge in [-0.15, -0.1) is 0 Å². The molecule has 0 fully saturated rings. The van der Waals surface area contributed by atoms with Crippen LogP contribution >= 0.6 is 0 Å². The average Bonchev–Trinajstić information content (AvgIpc) is 2.88. The van der Waals surface area contributed by atoms with Crippen molar-refractivity contribution in [2.45, 2.75) is 13.0 Å². The quantitative estimate of drug-likeness (QED) is 0.745. The van der Waals surface area contributed by atoms with E-state index in [0.717, 1.165) is 10.9 Å². The van der Waals surface area contributed by atoms with Crippen molar-refractivity contribution in [3.05, 3.63) is 42.2 Å². The summed E-state index contributed by atoms with van der Waals surface area (Å²) in [5, 5.41) is 14.1. The zero-order chi connectivity index (χ0) is 12.5. The van der Waals surface area contributed by atoms with E-state index in [1.807, 2.05) is 36.4 Å². The van der Waals surface area contributed by atoms with Crippen LogP contribution in [-0.4, -0.2) is 20.2 Å². The van der Waals surface area contributed by atoms with Crippen LogP contribution in [-0.2, 0) is 0 Å². The summed E-state index contributed by atoms with van der Waals surface area (Å²) in [4.78, 5) is 8.54. The third-order valence-electron chi connectivity index (χ3n) is 2.63. The molecule has 1 N–H and O–H groups in total. The maximum absolute atomic E-state index is 9.35. The number of benzene rings is 1. The number of para-hydroxylation sites is 1. The SMILES string of the molecule is CC(O)c1noc(-c2ccc3ccccc3n2)n1. The fourth-order valence-corrected chi connectivity index (χ4v) is 1.69. The van der Waals surface area contributed by atoms with Crippen molar-refractivity contribution >= 4 is 10.9 Å². The summed E-state index contributed by atoms with van der Waals surface area (Å²) in [7, 11) is 0. The van der Waals surface area contributed by atoms with Crippen molar-refractivity contribution < 1.29 is 9.63 Å². The van der Waals surface area contributed by atoms with Crippen molar-refractivity contribution in [3.63, 3.8) is 0 Å². The minimum absolute atomic E-state index is 0.264. The van der Waals surface area contributed by atoms with Crippen LogP contribution in [0, 0.1) is 0 Å². The van der Waals surface area contributed by atoms with Crippen molar-refractivity contribution in [1.82, 2.24) is 15.1 Å². The number of aliphatic hydroxyl groups excluding tert-OH is 1. The lowest BCUT2D eigenvalue weighted by Crippen LogP contribution is -1.93. The summed E-state index contributed by atoms with van der Waals surface area (Å²) < 4.78 is 5.08. The van der Waals surface area contributed by atoms with E-state index in [9.17, 15) is 5.11 Å². The second-order valence-corrected chi connectivity index (χ2v) is 4.02. The van der Waals surface area contributed by atoms with Gasteiger partial charge in [-0.25, -0.2) is 4.98 Å². The van der Waals surface area contributed by atoms with E-state index in [2.05, 4.69) is 15.1 Å². The number of pyridine rings is 1. The van der Waals surface area contributed by atoms with Crippen LogP contribution in [0.15, 0.2) is 40.9 Å². The first-order chi connectivity index (χ1) is 8.74. The molecule has 2 heterocycles. The van der Waals surface area contributed by atoms with Crippen LogP contribution in [0.25, 0.3) is 22.5 Å². The summed E-state index contributed by atoms with van der Waals surface area (Å²) in [6.07, 6.45) is -0.747. The fourth-order valence-electron chi connectivity index (χ4n) is 1.69. The Morgan fingerprint density at radius 3 is 2.72 bits per heavy atom. The second-order valence-electron chi connectivity index (χ2n) is 4.02. The summed E-state index contributed by atoms with van der Waals surface area (Å²) in [5.41, 5.74) is 1.47. The molecule has 3 rings (SSSR count). The zero-order valence-corrected chi connectivity index (χ0v) is 9.74. The monoisotopic (exact) mass is 241 g/mol. The summed E-state index contributed by atoms with van der Waals surface area (Å²) in [6, 6.07) is 11.6. The lowest BCUT2D eigenvalue weighted by Gasteiger charge is -1.98. The van der Waals surface area contributed by atoms with E-state index in [-0.39, 0.29) is 5.82 Å². The minimum atomic E-state index is -0.747. The van der Waals surface area contributed by atoms with Gasteiger partial charge in [0, 0.05) is 5.39 Å². The molecule has 0 saturated heterocycles. The molecule has 0 aliphatic heterocycles. The van der Waals surface area contributed by atoms with Crippen LogP contribution in [0.2, 0.25) is 0 Å². The zero-order valence-electron chi connectivity index (χ0n) is 9.74. The largest absolute Gasteiger partial charge is 0.385 e. The number of aliphatic hydroxyl groups is 1. The minimum Gasteiger partial charge on any atom is -0.385 e. The summed E-state index contributed by atoms with van der Waals surface area (Å²) in [5.74, 6) is 0.580. The number of hydrogen-bond acceptors (Lipinski definition) is 5. The maximum Gasteiger partial charge on any atom is 0.276 e. The van der Waals surface area contributed by atoms with Crippen molar-refractivity contribution in [2.24, 2.45) is 0 Å². The molecule has 0 saturated carbocycles. The predicted molar refractivity (Wildman–Crippen MR) is 65.7 cm³/mol. The van der Waals surface area contributed by atoms with Crippen molar-refractivity contribution in [2.75, 3.05) is 0 Å². The molecule has 18 heavy (non-hydrogen) atoms. The normalized spacial score (nSPS) is 12.8. The van der Waals surface area contributed by atoms with E-state index in [1.165, 1.54) is 0 Å². The first-order valence-electron chi connectivity index (χ1n) is 5.62. The molecular formula is C13H11N3O2. The highest BCUT2D eigenvalue weighted by atomic mass is 16.5. The highest BCUT2D eigenvalue weighted by Crippen LogP contribution is 2.20. The lowest BCUT2D eigenvalue weighted by molar-refractivity contribution is 0.184. The van der Waals surface area contributed by atoms with Gasteiger partial charge < -0.3 is 9.63 Å². The molecule has 0 radical (unpaired) electrons. The van der Waals surface area contributed by atoms with Gasteiger partial charge >= 0.3 is 0 Å². The Hall–Kier alpha value is -2.27. The first-order valence-corrected chi connectivity index (χ1v) is 5.62. The van der Waals surface area contributed by atoms with Gasteiger partial charge in [-0.2, -0.15) is 4.98 Å². The molecule has 3 aromatic rings. The summed E-state index contributed by atoms with van der Waals surface area (Å²) in [6.45, 7) is 1.59. The van der Waals surface area contributed by atoms with Crippen LogP contribution in [0.4, 0.5) is 0 Å². The molecule has 5 nitrogen and oxygen atoms in total. The lowest BCUT2D eigenvalue weighted by atomic mass is 10.2. The van der Waals surface area contributed by atoms with Gasteiger partial charge in [0.05, 0.1) is 5.52 Å². The van der Waals surface area contributed by atoms with E-state index in [0.29, 0.717) is 11.6 Å². The molecule has 1 atom stereocenters. The molecule has 1 aromatic carbocycles. The first kappa shape index (κ1) is 10.9. The molecule has 2 aromatic heterocycles. The number of aromatic nitrogens is 3. The van der Waals surface area contributed by atoms with Gasteiger partial charge in [0.1, 0.15) is 11.8 Å². The number of nitrogens with zero attached hydrogens (tertiary/aromatic N) is 3. The van der Waals surface area contributed by atoms with Crippen molar-refractivity contribution in [3.8, 4) is 11.6 Å². The third kappa shape index (κ3) is 1.84. The van der Waals surface area contributed by atoms with Gasteiger partial charge in [0.25, 0.3) is 5.89 Å². The van der Waals surface area contributed by atoms with E-state index < -0.39 is 6.10 Å². The topological polar surface area (TPSA) is 72.0 Å². The molecule has 0 aliphatic carbocycles. The molecule has 90 valence electrons. The standard InChI is InChI=1S/C13H11N3O2/c1-8(17)12-15-13(18-16-12)11-7-6-9-4-2-3-5-10(9)14-11/h2-8,17H,1H3. The van der Waals surface area contributed by atoms with Gasteiger partial charge in [-0.1, -0.05) is 29.4 Å². The third-order valence-corrected chi connectivity index (χ3v) is 2.63. The Morgan fingerprint density at radius 2 is 1.94 bits per heavy atom. The Bertz CT molecular complexity index is 691. The maximum atomic E-state index is 9.35. The van der Waals surface area contributed by atoms with E-state index in [4.69, 9.17) is 4.52 Å². The predicted octanol–water partition coefficient (Wildman–Crippen LogP) is 2.34.